The summed E-state index contributed by atoms with van der Waals surface area (Å²) in [6, 6.07) is 0. The predicted molar refractivity (Wildman–Crippen MR) is 37.3 cm³/mol. The second-order valence-electron chi connectivity index (χ2n) is 2.60. The Morgan fingerprint density at radius 2 is 1.33 bits per heavy atom. The van der Waals surface area contributed by atoms with Crippen LogP contribution in [0, 0.1) is 0 Å². The van der Waals surface area contributed by atoms with Gasteiger partial charge in [-0.25, -0.2) is 0 Å². The molecule has 9 heavy (non-hydrogen) atoms. The molecule has 0 unspecified atom stereocenters. The molecule has 58 valence electrons. The molecule has 0 spiro atoms. The smallest absolute Gasteiger partial charge is 0.299 e. The molecule has 4 N–H and O–H groups in total. The van der Waals surface area contributed by atoms with Crippen molar-refractivity contribution in [3.63, 3.8) is 0 Å². The molecule has 0 aliphatic carbocycles. The van der Waals surface area contributed by atoms with Crippen LogP contribution in [0.15, 0.2) is 0 Å². The maximum absolute atomic E-state index is 8.67. The van der Waals surface area contributed by atoms with Crippen molar-refractivity contribution in [2.75, 3.05) is 0 Å². The van der Waals surface area contributed by atoms with Crippen LogP contribution >= 0.6 is 0 Å². The first-order valence-electron chi connectivity index (χ1n) is 2.32. The van der Waals surface area contributed by atoms with Gasteiger partial charge in [-0.3, -0.25) is 9.11 Å². The van der Waals surface area contributed by atoms with Crippen LogP contribution in [-0.2, 0) is 11.4 Å². The summed E-state index contributed by atoms with van der Waals surface area (Å²) < 4.78 is 22.8. The van der Waals surface area contributed by atoms with E-state index in [1.165, 1.54) is 0 Å². The highest BCUT2D eigenvalue weighted by molar-refractivity contribution is 7.73. The third-order valence-electron chi connectivity index (χ3n) is 0. The van der Waals surface area contributed by atoms with Gasteiger partial charge in [-0.1, -0.05) is 0 Å². The monoisotopic (exact) mass is 155 g/mol. The van der Waals surface area contributed by atoms with Crippen molar-refractivity contribution in [1.29, 1.82) is 0 Å². The molecule has 0 aromatic heterocycles. The molecule has 0 amide bonds. The average Bonchev–Trinajstić information content (AvgIpc) is 1.19. The zero-order valence-corrected chi connectivity index (χ0v) is 6.60. The van der Waals surface area contributed by atoms with Gasteiger partial charge in [0.25, 0.3) is 11.4 Å². The third-order valence-corrected chi connectivity index (χ3v) is 0. The summed E-state index contributed by atoms with van der Waals surface area (Å²) in [4.78, 5) is 0. The summed E-state index contributed by atoms with van der Waals surface area (Å²) in [6.45, 7) is 5.90. The molecule has 0 bridgehead atoms. The van der Waals surface area contributed by atoms with Gasteiger partial charge in [-0.2, -0.15) is 4.21 Å². The molecule has 0 saturated carbocycles. The van der Waals surface area contributed by atoms with Crippen molar-refractivity contribution in [1.82, 2.24) is 0 Å². The van der Waals surface area contributed by atoms with E-state index in [0.717, 1.165) is 0 Å². The molecule has 0 fully saturated rings. The fraction of sp³-hybridized carbons (Fsp3) is 1.00. The van der Waals surface area contributed by atoms with Gasteiger partial charge in [0.05, 0.1) is 0 Å². The van der Waals surface area contributed by atoms with Crippen LogP contribution in [0.2, 0.25) is 0 Å². The van der Waals surface area contributed by atoms with Gasteiger partial charge in [0.1, 0.15) is 0 Å². The van der Waals surface area contributed by atoms with E-state index in [4.69, 9.17) is 19.0 Å². The summed E-state index contributed by atoms with van der Waals surface area (Å²) in [6.07, 6.45) is 0. The summed E-state index contributed by atoms with van der Waals surface area (Å²) in [5.41, 5.74) is 5.35. The fourth-order valence-electron chi connectivity index (χ4n) is 0. The topological polar surface area (TPSA) is 83.6 Å². The highest BCUT2D eigenvalue weighted by Crippen LogP contribution is 1.88. The van der Waals surface area contributed by atoms with Gasteiger partial charge in [0.15, 0.2) is 0 Å². The van der Waals surface area contributed by atoms with Crippen LogP contribution in [0.1, 0.15) is 20.8 Å². The highest BCUT2D eigenvalue weighted by Gasteiger charge is 1.95. The molecule has 0 saturated heterocycles. The Morgan fingerprint density at radius 3 is 1.33 bits per heavy atom. The standard InChI is InChI=1S/C4H11N.H2O3S/c1-4(2,3)5;1-4(2)3/h5H2,1-3H3;(H2,1,2,3). The van der Waals surface area contributed by atoms with Crippen molar-refractivity contribution in [2.45, 2.75) is 26.3 Å². The van der Waals surface area contributed by atoms with Crippen molar-refractivity contribution in [3.05, 3.63) is 0 Å². The van der Waals surface area contributed by atoms with Gasteiger partial charge in [0.2, 0.25) is 0 Å². The van der Waals surface area contributed by atoms with E-state index in [-0.39, 0.29) is 5.54 Å². The molecule has 0 aliphatic rings. The molecule has 5 heteroatoms. The Balaban J connectivity index is 0. The minimum absolute atomic E-state index is 0. The molecule has 4 nitrogen and oxygen atoms in total. The summed E-state index contributed by atoms with van der Waals surface area (Å²) >= 11 is -2.61. The van der Waals surface area contributed by atoms with Crippen LogP contribution in [0.5, 0.6) is 0 Å². The first-order valence-corrected chi connectivity index (χ1v) is 3.38. The third kappa shape index (κ3) is 324000. The Hall–Kier alpha value is 0.0300. The van der Waals surface area contributed by atoms with Gasteiger partial charge < -0.3 is 5.73 Å². The van der Waals surface area contributed by atoms with Crippen molar-refractivity contribution in [2.24, 2.45) is 5.73 Å². The molecule has 0 atom stereocenters. The lowest BCUT2D eigenvalue weighted by atomic mass is 10.1. The lowest BCUT2D eigenvalue weighted by Gasteiger charge is -2.06. The highest BCUT2D eigenvalue weighted by atomic mass is 32.2. The molecule has 0 radical (unpaired) electrons. The van der Waals surface area contributed by atoms with E-state index in [2.05, 4.69) is 0 Å². The first-order chi connectivity index (χ1) is 3.73. The Morgan fingerprint density at radius 1 is 1.33 bits per heavy atom. The second kappa shape index (κ2) is 4.87. The zero-order valence-electron chi connectivity index (χ0n) is 5.79. The SMILES string of the molecule is CC(C)(C)N.O=S(O)O. The largest absolute Gasteiger partial charge is 0.326 e. The van der Waals surface area contributed by atoms with Crippen LogP contribution < -0.4 is 5.73 Å². The number of rotatable bonds is 0. The first kappa shape index (κ1) is 11.8. The van der Waals surface area contributed by atoms with Gasteiger partial charge in [0, 0.05) is 5.54 Å². The molecule has 0 heterocycles. The van der Waals surface area contributed by atoms with Crippen molar-refractivity contribution in [3.8, 4) is 0 Å². The zero-order chi connectivity index (χ0) is 8.08. The number of nitrogens with two attached hydrogens (primary N) is 1. The number of hydrogen-bond acceptors (Lipinski definition) is 2. The molecular weight excluding hydrogens is 142 g/mol. The summed E-state index contributed by atoms with van der Waals surface area (Å²) in [7, 11) is 0. The van der Waals surface area contributed by atoms with E-state index in [9.17, 15) is 0 Å². The van der Waals surface area contributed by atoms with E-state index in [0.29, 0.717) is 0 Å². The normalized spacial score (nSPS) is 10.6. The minimum Gasteiger partial charge on any atom is -0.326 e. The molecule has 0 aromatic rings. The Kier molecular flexibility index (Phi) is 6.37. The predicted octanol–water partition coefficient (Wildman–Crippen LogP) is 0.425. The minimum atomic E-state index is -2.61. The summed E-state index contributed by atoms with van der Waals surface area (Å²) in [5.74, 6) is 0. The lowest BCUT2D eigenvalue weighted by Crippen LogP contribution is -2.26. The average molecular weight is 155 g/mol. The Labute approximate surface area is 57.6 Å². The van der Waals surface area contributed by atoms with E-state index in [1.807, 2.05) is 20.8 Å². The number of hydrogen-bond donors (Lipinski definition) is 3. The lowest BCUT2D eigenvalue weighted by molar-refractivity contribution is 0.454. The molecular formula is C4H13NO3S. The van der Waals surface area contributed by atoms with Gasteiger partial charge in [-0.15, -0.1) is 0 Å². The van der Waals surface area contributed by atoms with Crippen molar-refractivity contribution >= 4 is 11.4 Å². The molecule has 0 aromatic carbocycles. The van der Waals surface area contributed by atoms with Crippen LogP contribution in [0.4, 0.5) is 0 Å². The Bertz CT molecular complexity index is 78.3. The van der Waals surface area contributed by atoms with E-state index in [1.54, 1.807) is 0 Å². The van der Waals surface area contributed by atoms with E-state index < -0.39 is 11.4 Å². The van der Waals surface area contributed by atoms with Crippen LogP contribution in [0.3, 0.4) is 0 Å². The van der Waals surface area contributed by atoms with Crippen LogP contribution in [-0.4, -0.2) is 18.9 Å². The second-order valence-corrected chi connectivity index (χ2v) is 3.06. The molecule has 0 rings (SSSR count). The fourth-order valence-corrected chi connectivity index (χ4v) is 0. The van der Waals surface area contributed by atoms with Gasteiger partial charge in [-0.05, 0) is 20.8 Å². The van der Waals surface area contributed by atoms with E-state index >= 15 is 0 Å². The maximum atomic E-state index is 8.67. The van der Waals surface area contributed by atoms with Crippen LogP contribution in [0.25, 0.3) is 0 Å². The maximum Gasteiger partial charge on any atom is 0.299 e. The summed E-state index contributed by atoms with van der Waals surface area (Å²) in [5, 5.41) is 0. The van der Waals surface area contributed by atoms with Crippen molar-refractivity contribution < 1.29 is 13.3 Å². The quantitative estimate of drug-likeness (QED) is 0.443. The van der Waals surface area contributed by atoms with Gasteiger partial charge >= 0.3 is 0 Å². The molecule has 0 aliphatic heterocycles.